The van der Waals surface area contributed by atoms with Crippen molar-refractivity contribution in [2.75, 3.05) is 13.1 Å². The SMILES string of the molecule is O=C(N1CC=C(c2c[nH]c3cc(F)ccc23)CC1)C12CC3CC(CC(Br)(C3)C1)C2. The van der Waals surface area contributed by atoms with Crippen LogP contribution in [0.15, 0.2) is 30.5 Å². The Kier molecular flexibility index (Phi) is 3.88. The molecule has 4 saturated carbocycles. The molecule has 1 aliphatic heterocycles. The van der Waals surface area contributed by atoms with E-state index in [9.17, 15) is 9.18 Å². The molecular formula is C24H26BrFN2O. The molecule has 2 aromatic rings. The lowest BCUT2D eigenvalue weighted by atomic mass is 9.49. The van der Waals surface area contributed by atoms with E-state index in [1.807, 2.05) is 12.3 Å². The fourth-order valence-electron chi connectivity index (χ4n) is 7.20. The van der Waals surface area contributed by atoms with Gasteiger partial charge in [-0.25, -0.2) is 4.39 Å². The Balaban J connectivity index is 1.24. The molecule has 5 aliphatic rings. The van der Waals surface area contributed by atoms with Gasteiger partial charge in [-0.15, -0.1) is 0 Å². The molecule has 4 aliphatic carbocycles. The number of hydrogen-bond donors (Lipinski definition) is 1. The molecule has 0 saturated heterocycles. The Morgan fingerprint density at radius 3 is 2.69 bits per heavy atom. The molecule has 0 radical (unpaired) electrons. The highest BCUT2D eigenvalue weighted by Crippen LogP contribution is 2.64. The summed E-state index contributed by atoms with van der Waals surface area (Å²) in [4.78, 5) is 19.0. The highest BCUT2D eigenvalue weighted by Gasteiger charge is 2.60. The Morgan fingerprint density at radius 1 is 1.21 bits per heavy atom. The molecule has 1 aromatic carbocycles. The highest BCUT2D eigenvalue weighted by atomic mass is 79.9. The van der Waals surface area contributed by atoms with Crippen molar-refractivity contribution in [3.63, 3.8) is 0 Å². The van der Waals surface area contributed by atoms with Crippen molar-refractivity contribution < 1.29 is 9.18 Å². The van der Waals surface area contributed by atoms with Gasteiger partial charge in [0.25, 0.3) is 0 Å². The summed E-state index contributed by atoms with van der Waals surface area (Å²) >= 11 is 4.04. The van der Waals surface area contributed by atoms with E-state index < -0.39 is 0 Å². The Hall–Kier alpha value is -1.62. The number of carbonyl (C=O) groups excluding carboxylic acids is 1. The predicted octanol–water partition coefficient (Wildman–Crippen LogP) is 5.66. The van der Waals surface area contributed by atoms with E-state index in [4.69, 9.17) is 0 Å². The summed E-state index contributed by atoms with van der Waals surface area (Å²) in [6.45, 7) is 1.47. The van der Waals surface area contributed by atoms with Crippen molar-refractivity contribution in [1.29, 1.82) is 0 Å². The predicted molar refractivity (Wildman–Crippen MR) is 116 cm³/mol. The molecule has 7 rings (SSSR count). The molecule has 5 heteroatoms. The Labute approximate surface area is 178 Å². The first-order valence-electron chi connectivity index (χ1n) is 10.9. The summed E-state index contributed by atoms with van der Waals surface area (Å²) in [6, 6.07) is 4.91. The molecule has 29 heavy (non-hydrogen) atoms. The van der Waals surface area contributed by atoms with E-state index in [0.29, 0.717) is 12.5 Å². The average molecular weight is 457 g/mol. The smallest absolute Gasteiger partial charge is 0.229 e. The molecule has 2 atom stereocenters. The number of alkyl halides is 1. The van der Waals surface area contributed by atoms with Crippen molar-refractivity contribution in [2.24, 2.45) is 17.3 Å². The van der Waals surface area contributed by atoms with Crippen LogP contribution in [0, 0.1) is 23.1 Å². The molecule has 4 bridgehead atoms. The maximum atomic E-state index is 13.7. The van der Waals surface area contributed by atoms with Gasteiger partial charge in [-0.3, -0.25) is 4.79 Å². The van der Waals surface area contributed by atoms with E-state index in [1.54, 1.807) is 6.07 Å². The van der Waals surface area contributed by atoms with Crippen molar-refractivity contribution in [1.82, 2.24) is 9.88 Å². The quantitative estimate of drug-likeness (QED) is 0.581. The highest BCUT2D eigenvalue weighted by molar-refractivity contribution is 9.10. The van der Waals surface area contributed by atoms with Gasteiger partial charge in [-0.1, -0.05) is 22.0 Å². The van der Waals surface area contributed by atoms with Crippen LogP contribution in [0.4, 0.5) is 4.39 Å². The van der Waals surface area contributed by atoms with Gasteiger partial charge >= 0.3 is 0 Å². The zero-order valence-electron chi connectivity index (χ0n) is 16.5. The van der Waals surface area contributed by atoms with Gasteiger partial charge in [0.2, 0.25) is 5.91 Å². The minimum absolute atomic E-state index is 0.128. The number of nitrogens with one attached hydrogen (secondary N) is 1. The van der Waals surface area contributed by atoms with Crippen molar-refractivity contribution in [3.8, 4) is 0 Å². The molecule has 1 aromatic heterocycles. The summed E-state index contributed by atoms with van der Waals surface area (Å²) in [7, 11) is 0. The fraction of sp³-hybridized carbons (Fsp3) is 0.542. The number of rotatable bonds is 2. The maximum Gasteiger partial charge on any atom is 0.229 e. The second-order valence-electron chi connectivity index (χ2n) is 10.0. The first-order chi connectivity index (χ1) is 13.9. The number of hydrogen-bond acceptors (Lipinski definition) is 1. The van der Waals surface area contributed by atoms with Crippen molar-refractivity contribution >= 4 is 38.3 Å². The molecule has 1 amide bonds. The number of carbonyl (C=O) groups is 1. The third-order valence-electron chi connectivity index (χ3n) is 7.93. The standard InChI is InChI=1S/C24H26BrFN2O/c25-24-11-15-7-16(12-24)10-23(9-15,14-24)22(29)28-5-3-17(4-6-28)20-13-27-21-8-18(26)1-2-19(20)21/h1-3,8,13,15-16,27H,4-7,9-12,14H2. The number of fused-ring (bicyclic) bond motifs is 1. The number of amides is 1. The number of aromatic nitrogens is 1. The maximum absolute atomic E-state index is 13.7. The molecule has 2 unspecified atom stereocenters. The van der Waals surface area contributed by atoms with Gasteiger partial charge in [0.05, 0.1) is 5.41 Å². The van der Waals surface area contributed by atoms with E-state index in [0.717, 1.165) is 60.5 Å². The minimum atomic E-state index is -0.222. The topological polar surface area (TPSA) is 36.1 Å². The lowest BCUT2D eigenvalue weighted by Crippen LogP contribution is -2.59. The van der Waals surface area contributed by atoms with Crippen LogP contribution in [-0.4, -0.2) is 33.2 Å². The first-order valence-corrected chi connectivity index (χ1v) is 11.7. The number of H-pyrrole nitrogens is 1. The van der Waals surface area contributed by atoms with Gasteiger partial charge in [0.1, 0.15) is 5.82 Å². The molecule has 0 spiro atoms. The van der Waals surface area contributed by atoms with Gasteiger partial charge in [-0.2, -0.15) is 0 Å². The summed E-state index contributed by atoms with van der Waals surface area (Å²) in [5, 5.41) is 1.06. The van der Waals surface area contributed by atoms with Crippen LogP contribution in [0.2, 0.25) is 0 Å². The number of halogens is 2. The monoisotopic (exact) mass is 456 g/mol. The van der Waals surface area contributed by atoms with Gasteiger partial charge in [0, 0.05) is 40.1 Å². The van der Waals surface area contributed by atoms with E-state index in [1.165, 1.54) is 30.9 Å². The lowest BCUT2D eigenvalue weighted by molar-refractivity contribution is -0.155. The lowest BCUT2D eigenvalue weighted by Gasteiger charge is -2.60. The fourth-order valence-corrected chi connectivity index (χ4v) is 8.65. The summed E-state index contributed by atoms with van der Waals surface area (Å²) in [5.74, 6) is 1.62. The van der Waals surface area contributed by atoms with Crippen LogP contribution >= 0.6 is 15.9 Å². The third-order valence-corrected chi connectivity index (χ3v) is 8.86. The number of nitrogens with zero attached hydrogens (tertiary/aromatic N) is 1. The van der Waals surface area contributed by atoms with Crippen LogP contribution in [0.1, 0.15) is 50.5 Å². The first kappa shape index (κ1) is 18.2. The zero-order valence-corrected chi connectivity index (χ0v) is 18.1. The van der Waals surface area contributed by atoms with E-state index in [-0.39, 0.29) is 15.6 Å². The summed E-state index contributed by atoms with van der Waals surface area (Å²) < 4.78 is 13.7. The van der Waals surface area contributed by atoms with Crippen LogP contribution in [0.25, 0.3) is 16.5 Å². The number of benzene rings is 1. The average Bonchev–Trinajstić information content (AvgIpc) is 3.08. The molecular weight excluding hydrogens is 431 g/mol. The second kappa shape index (κ2) is 6.19. The Morgan fingerprint density at radius 2 is 2.00 bits per heavy atom. The summed E-state index contributed by atoms with van der Waals surface area (Å²) in [5.41, 5.74) is 3.10. The van der Waals surface area contributed by atoms with Crippen molar-refractivity contribution in [2.45, 2.75) is 49.3 Å². The third kappa shape index (κ3) is 2.83. The summed E-state index contributed by atoms with van der Waals surface area (Å²) in [6.07, 6.45) is 12.1. The van der Waals surface area contributed by atoms with Gasteiger partial charge in [-0.05, 0) is 80.6 Å². The molecule has 1 N–H and O–H groups in total. The molecule has 3 nitrogen and oxygen atoms in total. The number of aromatic amines is 1. The van der Waals surface area contributed by atoms with Gasteiger partial charge in [0.15, 0.2) is 0 Å². The zero-order chi connectivity index (χ0) is 19.8. The van der Waals surface area contributed by atoms with E-state index >= 15 is 0 Å². The van der Waals surface area contributed by atoms with Crippen LogP contribution < -0.4 is 0 Å². The normalized spacial score (nSPS) is 35.9. The van der Waals surface area contributed by atoms with E-state index in [2.05, 4.69) is 31.9 Å². The molecule has 2 heterocycles. The van der Waals surface area contributed by atoms with Crippen LogP contribution in [0.3, 0.4) is 0 Å². The van der Waals surface area contributed by atoms with Gasteiger partial charge < -0.3 is 9.88 Å². The van der Waals surface area contributed by atoms with Crippen LogP contribution in [0.5, 0.6) is 0 Å². The largest absolute Gasteiger partial charge is 0.360 e. The second-order valence-corrected chi connectivity index (χ2v) is 11.7. The van der Waals surface area contributed by atoms with Crippen LogP contribution in [-0.2, 0) is 4.79 Å². The van der Waals surface area contributed by atoms with Crippen molar-refractivity contribution in [3.05, 3.63) is 41.9 Å². The molecule has 152 valence electrons. The molecule has 4 fully saturated rings. The minimum Gasteiger partial charge on any atom is -0.360 e. The Bertz CT molecular complexity index is 1030.